The van der Waals surface area contributed by atoms with Crippen molar-refractivity contribution in [2.24, 2.45) is 4.99 Å². The Morgan fingerprint density at radius 2 is 2.00 bits per heavy atom. The number of hydrogen-bond donors (Lipinski definition) is 0. The molecule has 0 aliphatic carbocycles. The number of carbonyl (C=O) groups is 1. The minimum absolute atomic E-state index is 0.0134. The maximum absolute atomic E-state index is 14.0. The predicted octanol–water partition coefficient (Wildman–Crippen LogP) is 5.72. The van der Waals surface area contributed by atoms with E-state index in [0.717, 1.165) is 11.3 Å². The lowest BCUT2D eigenvalue weighted by molar-refractivity contribution is -0.385. The third-order valence-electron chi connectivity index (χ3n) is 6.97. The van der Waals surface area contributed by atoms with Gasteiger partial charge >= 0.3 is 5.97 Å². The van der Waals surface area contributed by atoms with Crippen LogP contribution in [0.4, 0.5) is 5.69 Å². The highest BCUT2D eigenvalue weighted by molar-refractivity contribution is 7.07. The number of esters is 1. The number of allylic oxidation sites excluding steroid dienone is 1. The van der Waals surface area contributed by atoms with Gasteiger partial charge in [-0.3, -0.25) is 19.5 Å². The first-order chi connectivity index (χ1) is 20.7. The standard InChI is InChI=1S/C31H28ClN3O7S/c1-5-7-22-27(30(37)41-6-2)28(21-15-19(32)10-12-25(21)40-4)34-29(36)26(43-31(34)33-22)16-20-11-13-24(42-20)18-9-8-17(3)23(14-18)35(38)39/h8-16,28H,5-7H2,1-4H3/b26-16+/t28-/m0/s1. The summed E-state index contributed by atoms with van der Waals surface area (Å²) in [6.07, 6.45) is 2.79. The van der Waals surface area contributed by atoms with Crippen molar-refractivity contribution in [3.05, 3.63) is 112 Å². The molecule has 0 radical (unpaired) electrons. The van der Waals surface area contributed by atoms with E-state index in [9.17, 15) is 19.7 Å². The van der Waals surface area contributed by atoms with Crippen LogP contribution < -0.4 is 19.6 Å². The fourth-order valence-corrected chi connectivity index (χ4v) is 6.19. The number of nitro groups is 1. The molecule has 1 aliphatic rings. The Kier molecular flexibility index (Phi) is 8.65. The van der Waals surface area contributed by atoms with Gasteiger partial charge in [-0.1, -0.05) is 48.4 Å². The van der Waals surface area contributed by atoms with Gasteiger partial charge in [0.15, 0.2) is 4.80 Å². The Bertz CT molecular complexity index is 1950. The Morgan fingerprint density at radius 3 is 2.70 bits per heavy atom. The summed E-state index contributed by atoms with van der Waals surface area (Å²) in [5.41, 5.74) is 1.98. The number of aromatic nitrogens is 1. The van der Waals surface area contributed by atoms with Gasteiger partial charge in [0, 0.05) is 33.9 Å². The number of carbonyl (C=O) groups excluding carboxylic acids is 1. The third-order valence-corrected chi connectivity index (χ3v) is 8.19. The van der Waals surface area contributed by atoms with Crippen molar-refractivity contribution in [2.75, 3.05) is 13.7 Å². The number of rotatable bonds is 9. The highest BCUT2D eigenvalue weighted by atomic mass is 35.5. The molecule has 0 bridgehead atoms. The second kappa shape index (κ2) is 12.4. The first kappa shape index (κ1) is 30.0. The average Bonchev–Trinajstić information content (AvgIpc) is 3.57. The van der Waals surface area contributed by atoms with E-state index < -0.39 is 22.5 Å². The Balaban J connectivity index is 1.69. The summed E-state index contributed by atoms with van der Waals surface area (Å²) in [4.78, 5) is 43.6. The molecule has 12 heteroatoms. The number of fused-ring (bicyclic) bond motifs is 1. The van der Waals surface area contributed by atoms with Gasteiger partial charge in [-0.15, -0.1) is 0 Å². The summed E-state index contributed by atoms with van der Waals surface area (Å²) in [5, 5.41) is 11.8. The second-order valence-electron chi connectivity index (χ2n) is 9.76. The number of hydrogen-bond acceptors (Lipinski definition) is 9. The zero-order chi connectivity index (χ0) is 30.8. The van der Waals surface area contributed by atoms with Gasteiger partial charge in [0.05, 0.1) is 34.4 Å². The summed E-state index contributed by atoms with van der Waals surface area (Å²) < 4.78 is 18.8. The summed E-state index contributed by atoms with van der Waals surface area (Å²) in [6.45, 7) is 5.51. The minimum atomic E-state index is -0.895. The normalized spacial score (nSPS) is 14.8. The van der Waals surface area contributed by atoms with Crippen molar-refractivity contribution in [3.63, 3.8) is 0 Å². The summed E-state index contributed by atoms with van der Waals surface area (Å²) in [6, 6.07) is 12.4. The molecule has 4 aromatic rings. The number of methoxy groups -OCH3 is 1. The highest BCUT2D eigenvalue weighted by Gasteiger charge is 2.36. The molecule has 1 atom stereocenters. The van der Waals surface area contributed by atoms with Gasteiger partial charge < -0.3 is 13.9 Å². The van der Waals surface area contributed by atoms with E-state index in [1.165, 1.54) is 17.7 Å². The van der Waals surface area contributed by atoms with Crippen LogP contribution in [0.3, 0.4) is 0 Å². The van der Waals surface area contributed by atoms with E-state index >= 15 is 0 Å². The van der Waals surface area contributed by atoms with E-state index in [2.05, 4.69) is 0 Å². The molecule has 10 nitrogen and oxygen atoms in total. The van der Waals surface area contributed by atoms with Crippen molar-refractivity contribution in [1.82, 2.24) is 4.57 Å². The Hall–Kier alpha value is -4.48. The summed E-state index contributed by atoms with van der Waals surface area (Å²) >= 11 is 7.56. The number of aryl methyl sites for hydroxylation is 1. The molecule has 0 unspecified atom stereocenters. The van der Waals surface area contributed by atoms with E-state index in [1.54, 1.807) is 62.4 Å². The lowest BCUT2D eigenvalue weighted by Crippen LogP contribution is -2.40. The monoisotopic (exact) mass is 621 g/mol. The fraction of sp³-hybridized carbons (Fsp3) is 0.258. The highest BCUT2D eigenvalue weighted by Crippen LogP contribution is 2.38. The summed E-state index contributed by atoms with van der Waals surface area (Å²) in [5.74, 6) is 0.669. The predicted molar refractivity (Wildman–Crippen MR) is 163 cm³/mol. The number of halogens is 1. The number of benzene rings is 2. The molecule has 43 heavy (non-hydrogen) atoms. The molecule has 2 aromatic heterocycles. The van der Waals surface area contributed by atoms with Crippen LogP contribution in [0.25, 0.3) is 17.4 Å². The lowest BCUT2D eigenvalue weighted by Gasteiger charge is -2.27. The number of furan rings is 1. The van der Waals surface area contributed by atoms with Gasteiger partial charge in [0.1, 0.15) is 23.3 Å². The Morgan fingerprint density at radius 1 is 1.21 bits per heavy atom. The zero-order valence-electron chi connectivity index (χ0n) is 23.9. The van der Waals surface area contributed by atoms with Gasteiger partial charge in [-0.25, -0.2) is 9.79 Å². The topological polar surface area (TPSA) is 126 Å². The largest absolute Gasteiger partial charge is 0.496 e. The average molecular weight is 622 g/mol. The molecule has 0 saturated heterocycles. The molecule has 222 valence electrons. The van der Waals surface area contributed by atoms with E-state index in [1.807, 2.05) is 6.92 Å². The minimum Gasteiger partial charge on any atom is -0.496 e. The third kappa shape index (κ3) is 5.78. The molecular formula is C31H28ClN3O7S. The molecule has 0 N–H and O–H groups in total. The van der Waals surface area contributed by atoms with Crippen molar-refractivity contribution in [3.8, 4) is 17.1 Å². The molecule has 0 amide bonds. The first-order valence-corrected chi connectivity index (χ1v) is 14.8. The molecule has 3 heterocycles. The fourth-order valence-electron chi connectivity index (χ4n) is 5.01. The van der Waals surface area contributed by atoms with E-state index in [4.69, 9.17) is 30.5 Å². The van der Waals surface area contributed by atoms with Gasteiger partial charge in [0.25, 0.3) is 11.2 Å². The van der Waals surface area contributed by atoms with Crippen molar-refractivity contribution >= 4 is 40.7 Å². The maximum Gasteiger partial charge on any atom is 0.338 e. The zero-order valence-corrected chi connectivity index (χ0v) is 25.5. The van der Waals surface area contributed by atoms with Gasteiger partial charge in [-0.2, -0.15) is 0 Å². The van der Waals surface area contributed by atoms with Crippen molar-refractivity contribution < 1.29 is 23.6 Å². The van der Waals surface area contributed by atoms with Crippen molar-refractivity contribution in [2.45, 2.75) is 39.7 Å². The van der Waals surface area contributed by atoms with Crippen LogP contribution in [0.2, 0.25) is 5.02 Å². The van der Waals surface area contributed by atoms with Crippen LogP contribution in [0.15, 0.2) is 74.0 Å². The van der Waals surface area contributed by atoms with E-state index in [0.29, 0.717) is 66.9 Å². The SMILES string of the molecule is CCCC1=C(C(=O)OCC)[C@H](c2cc(Cl)ccc2OC)n2c(s/c(=C/c3ccc(-c4ccc(C)c([N+](=O)[O-])c4)o3)c2=O)=N1. The van der Waals surface area contributed by atoms with Crippen LogP contribution in [0.1, 0.15) is 49.6 Å². The molecule has 0 fully saturated rings. The smallest absolute Gasteiger partial charge is 0.338 e. The number of nitrogens with zero attached hydrogens (tertiary/aromatic N) is 3. The lowest BCUT2D eigenvalue weighted by atomic mass is 9.93. The quantitative estimate of drug-likeness (QED) is 0.133. The van der Waals surface area contributed by atoms with Gasteiger partial charge in [-0.05, 0) is 50.6 Å². The van der Waals surface area contributed by atoms with Crippen LogP contribution in [-0.2, 0) is 9.53 Å². The second-order valence-corrected chi connectivity index (χ2v) is 11.2. The van der Waals surface area contributed by atoms with E-state index in [-0.39, 0.29) is 17.9 Å². The van der Waals surface area contributed by atoms with Crippen LogP contribution in [0.5, 0.6) is 5.75 Å². The molecule has 1 aliphatic heterocycles. The van der Waals surface area contributed by atoms with Crippen LogP contribution in [0, 0.1) is 17.0 Å². The number of ether oxygens (including phenoxy) is 2. The molecule has 5 rings (SSSR count). The first-order valence-electron chi connectivity index (χ1n) is 13.6. The maximum atomic E-state index is 14.0. The number of thiazole rings is 1. The van der Waals surface area contributed by atoms with Crippen LogP contribution >= 0.6 is 22.9 Å². The molecular weight excluding hydrogens is 594 g/mol. The van der Waals surface area contributed by atoms with Crippen LogP contribution in [-0.4, -0.2) is 29.2 Å². The van der Waals surface area contributed by atoms with Crippen molar-refractivity contribution in [1.29, 1.82) is 0 Å². The van der Waals surface area contributed by atoms with Gasteiger partial charge in [0.2, 0.25) is 0 Å². The molecule has 2 aromatic carbocycles. The molecule has 0 saturated carbocycles. The summed E-state index contributed by atoms with van der Waals surface area (Å²) in [7, 11) is 1.51. The Labute approximate surface area is 255 Å². The molecule has 0 spiro atoms. The number of nitro benzene ring substituents is 1.